The SMILES string of the molecule is CC(C)n1c(C(F)(F)F)nc2cc(C(=O)NCCCN)ccc21.Cl.Cl. The Hall–Kier alpha value is -1.51. The van der Waals surface area contributed by atoms with Crippen LogP contribution in [-0.4, -0.2) is 28.5 Å². The van der Waals surface area contributed by atoms with Gasteiger partial charge in [-0.3, -0.25) is 4.79 Å². The number of aromatic nitrogens is 2. The van der Waals surface area contributed by atoms with Crippen molar-refractivity contribution in [3.05, 3.63) is 29.6 Å². The van der Waals surface area contributed by atoms with Crippen molar-refractivity contribution in [1.29, 1.82) is 0 Å². The minimum absolute atomic E-state index is 0. The van der Waals surface area contributed by atoms with Crippen LogP contribution in [0.4, 0.5) is 13.2 Å². The minimum Gasteiger partial charge on any atom is -0.352 e. The largest absolute Gasteiger partial charge is 0.449 e. The first kappa shape index (κ1) is 23.5. The lowest BCUT2D eigenvalue weighted by Crippen LogP contribution is -2.25. The van der Waals surface area contributed by atoms with E-state index in [2.05, 4.69) is 10.3 Å². The molecule has 10 heteroatoms. The average Bonchev–Trinajstić information content (AvgIpc) is 2.86. The van der Waals surface area contributed by atoms with Crippen LogP contribution >= 0.6 is 24.8 Å². The van der Waals surface area contributed by atoms with Gasteiger partial charge in [0, 0.05) is 18.2 Å². The van der Waals surface area contributed by atoms with Gasteiger partial charge >= 0.3 is 6.18 Å². The van der Waals surface area contributed by atoms with Crippen LogP contribution < -0.4 is 11.1 Å². The van der Waals surface area contributed by atoms with Crippen molar-refractivity contribution in [2.45, 2.75) is 32.5 Å². The number of nitrogens with one attached hydrogen (secondary N) is 1. The van der Waals surface area contributed by atoms with Gasteiger partial charge in [-0.2, -0.15) is 13.2 Å². The number of hydrogen-bond acceptors (Lipinski definition) is 3. The molecule has 0 saturated carbocycles. The highest BCUT2D eigenvalue weighted by Gasteiger charge is 2.38. The lowest BCUT2D eigenvalue weighted by molar-refractivity contribution is -0.147. The molecule has 0 unspecified atom stereocenters. The summed E-state index contributed by atoms with van der Waals surface area (Å²) in [5.74, 6) is -1.31. The van der Waals surface area contributed by atoms with Crippen molar-refractivity contribution in [2.75, 3.05) is 13.1 Å². The van der Waals surface area contributed by atoms with E-state index in [1.165, 1.54) is 18.2 Å². The van der Waals surface area contributed by atoms with E-state index in [0.29, 0.717) is 25.0 Å². The number of nitrogens with zero attached hydrogens (tertiary/aromatic N) is 2. The van der Waals surface area contributed by atoms with E-state index in [1.54, 1.807) is 13.8 Å². The summed E-state index contributed by atoms with van der Waals surface area (Å²) in [5.41, 5.74) is 6.12. The number of alkyl halides is 3. The molecule has 142 valence electrons. The van der Waals surface area contributed by atoms with Gasteiger partial charge in [0.05, 0.1) is 11.0 Å². The Balaban J connectivity index is 0.00000288. The molecule has 0 atom stereocenters. The fourth-order valence-electron chi connectivity index (χ4n) is 2.37. The molecule has 2 rings (SSSR count). The van der Waals surface area contributed by atoms with Crippen molar-refractivity contribution >= 4 is 41.8 Å². The summed E-state index contributed by atoms with van der Waals surface area (Å²) in [4.78, 5) is 15.7. The molecular formula is C15H21Cl2F3N4O. The Morgan fingerprint density at radius 2 is 1.96 bits per heavy atom. The average molecular weight is 401 g/mol. The molecule has 0 aliphatic carbocycles. The fraction of sp³-hybridized carbons (Fsp3) is 0.467. The number of halogens is 5. The van der Waals surface area contributed by atoms with Crippen LogP contribution in [-0.2, 0) is 6.18 Å². The van der Waals surface area contributed by atoms with E-state index in [4.69, 9.17) is 5.73 Å². The van der Waals surface area contributed by atoms with Crippen LogP contribution in [0.25, 0.3) is 11.0 Å². The molecule has 1 aromatic heterocycles. The number of fused-ring (bicyclic) bond motifs is 1. The van der Waals surface area contributed by atoms with Crippen LogP contribution in [0, 0.1) is 0 Å². The van der Waals surface area contributed by atoms with E-state index in [1.807, 2.05) is 0 Å². The highest BCUT2D eigenvalue weighted by atomic mass is 35.5. The molecular weight excluding hydrogens is 380 g/mol. The Kier molecular flexibility index (Phi) is 8.70. The molecule has 1 aromatic carbocycles. The molecule has 0 bridgehead atoms. The zero-order chi connectivity index (χ0) is 17.2. The number of nitrogens with two attached hydrogens (primary N) is 1. The molecule has 0 fully saturated rings. The first-order chi connectivity index (χ1) is 10.8. The number of imidazole rings is 1. The van der Waals surface area contributed by atoms with Crippen molar-refractivity contribution in [2.24, 2.45) is 5.73 Å². The number of rotatable bonds is 5. The lowest BCUT2D eigenvalue weighted by atomic mass is 10.2. The first-order valence-electron chi connectivity index (χ1n) is 7.33. The van der Waals surface area contributed by atoms with E-state index in [0.717, 1.165) is 4.57 Å². The van der Waals surface area contributed by atoms with Crippen molar-refractivity contribution in [3.8, 4) is 0 Å². The van der Waals surface area contributed by atoms with Gasteiger partial charge in [-0.1, -0.05) is 0 Å². The molecule has 2 aromatic rings. The standard InChI is InChI=1S/C15H19F3N4O.2ClH/c1-9(2)22-12-5-4-10(13(23)20-7-3-6-19)8-11(12)21-14(22)15(16,17)18;;/h4-5,8-9H,3,6-7,19H2,1-2H3,(H,20,23);2*1H. The van der Waals surface area contributed by atoms with E-state index in [-0.39, 0.29) is 41.8 Å². The third-order valence-electron chi connectivity index (χ3n) is 3.39. The van der Waals surface area contributed by atoms with Gasteiger partial charge in [-0.15, -0.1) is 24.8 Å². The maximum Gasteiger partial charge on any atom is 0.449 e. The van der Waals surface area contributed by atoms with Crippen molar-refractivity contribution in [3.63, 3.8) is 0 Å². The summed E-state index contributed by atoms with van der Waals surface area (Å²) in [6, 6.07) is 3.97. The van der Waals surface area contributed by atoms with Crippen LogP contribution in [0.1, 0.15) is 42.5 Å². The Bertz CT molecular complexity index is 717. The second-order valence-electron chi connectivity index (χ2n) is 5.50. The molecule has 25 heavy (non-hydrogen) atoms. The van der Waals surface area contributed by atoms with Crippen LogP contribution in [0.2, 0.25) is 0 Å². The Morgan fingerprint density at radius 1 is 1.32 bits per heavy atom. The predicted molar refractivity (Wildman–Crippen MR) is 95.6 cm³/mol. The normalized spacial score (nSPS) is 11.2. The van der Waals surface area contributed by atoms with Crippen LogP contribution in [0.5, 0.6) is 0 Å². The van der Waals surface area contributed by atoms with Crippen molar-refractivity contribution < 1.29 is 18.0 Å². The van der Waals surface area contributed by atoms with E-state index >= 15 is 0 Å². The summed E-state index contributed by atoms with van der Waals surface area (Å²) < 4.78 is 40.5. The van der Waals surface area contributed by atoms with Crippen molar-refractivity contribution in [1.82, 2.24) is 14.9 Å². The third-order valence-corrected chi connectivity index (χ3v) is 3.39. The summed E-state index contributed by atoms with van der Waals surface area (Å²) in [5, 5.41) is 2.66. The zero-order valence-electron chi connectivity index (χ0n) is 13.8. The molecule has 0 radical (unpaired) electrons. The molecule has 0 spiro atoms. The summed E-state index contributed by atoms with van der Waals surface area (Å²) in [6.45, 7) is 4.18. The second-order valence-corrected chi connectivity index (χ2v) is 5.50. The maximum atomic E-state index is 13.1. The number of carbonyl (C=O) groups is 1. The number of amides is 1. The molecule has 5 nitrogen and oxygen atoms in total. The highest BCUT2D eigenvalue weighted by Crippen LogP contribution is 2.33. The smallest absolute Gasteiger partial charge is 0.352 e. The zero-order valence-corrected chi connectivity index (χ0v) is 15.4. The van der Waals surface area contributed by atoms with Crippen LogP contribution in [0.15, 0.2) is 18.2 Å². The summed E-state index contributed by atoms with van der Waals surface area (Å²) >= 11 is 0. The topological polar surface area (TPSA) is 72.9 Å². The summed E-state index contributed by atoms with van der Waals surface area (Å²) in [7, 11) is 0. The van der Waals surface area contributed by atoms with E-state index < -0.39 is 18.0 Å². The highest BCUT2D eigenvalue weighted by molar-refractivity contribution is 5.97. The van der Waals surface area contributed by atoms with Crippen LogP contribution in [0.3, 0.4) is 0 Å². The molecule has 0 aliphatic rings. The molecule has 1 heterocycles. The third kappa shape index (κ3) is 5.23. The molecule has 3 N–H and O–H groups in total. The van der Waals surface area contributed by atoms with Gasteiger partial charge in [-0.25, -0.2) is 4.98 Å². The van der Waals surface area contributed by atoms with Gasteiger partial charge in [0.25, 0.3) is 5.91 Å². The van der Waals surface area contributed by atoms with Gasteiger partial charge in [0.2, 0.25) is 5.82 Å². The Labute approximate surface area is 156 Å². The number of benzene rings is 1. The fourth-order valence-corrected chi connectivity index (χ4v) is 2.37. The van der Waals surface area contributed by atoms with Gasteiger partial charge < -0.3 is 15.6 Å². The van der Waals surface area contributed by atoms with Gasteiger partial charge in [0.1, 0.15) is 0 Å². The second kappa shape index (κ2) is 9.26. The predicted octanol–water partition coefficient (Wildman–Crippen LogP) is 3.56. The van der Waals surface area contributed by atoms with E-state index in [9.17, 15) is 18.0 Å². The number of hydrogen-bond donors (Lipinski definition) is 2. The quantitative estimate of drug-likeness (QED) is 0.753. The number of carbonyl (C=O) groups excluding carboxylic acids is 1. The van der Waals surface area contributed by atoms with Gasteiger partial charge in [0.15, 0.2) is 0 Å². The maximum absolute atomic E-state index is 13.1. The molecule has 0 saturated heterocycles. The van der Waals surface area contributed by atoms with Gasteiger partial charge in [-0.05, 0) is 45.0 Å². The molecule has 0 aliphatic heterocycles. The summed E-state index contributed by atoms with van der Waals surface area (Å²) in [6.07, 6.45) is -3.92. The Morgan fingerprint density at radius 3 is 2.48 bits per heavy atom. The first-order valence-corrected chi connectivity index (χ1v) is 7.33. The monoisotopic (exact) mass is 400 g/mol. The lowest BCUT2D eigenvalue weighted by Gasteiger charge is -2.14. The minimum atomic E-state index is -4.55. The molecule has 1 amide bonds.